The molecule has 5 heteroatoms. The number of halogens is 1. The predicted molar refractivity (Wildman–Crippen MR) is 71.8 cm³/mol. The standard InChI is InChI=1S/C13H17ClN2O2/c1-13(5-2-6-13)9-15-8-10-7-11(16(17)18)3-4-12(10)14/h3-4,7,15H,2,5-6,8-9H2,1H3. The molecule has 1 aliphatic carbocycles. The molecule has 98 valence electrons. The van der Waals surface area contributed by atoms with Crippen molar-refractivity contribution in [1.82, 2.24) is 5.32 Å². The van der Waals surface area contributed by atoms with Gasteiger partial charge >= 0.3 is 0 Å². The minimum absolute atomic E-state index is 0.0889. The van der Waals surface area contributed by atoms with Gasteiger partial charge in [-0.1, -0.05) is 24.9 Å². The van der Waals surface area contributed by atoms with E-state index in [4.69, 9.17) is 11.6 Å². The van der Waals surface area contributed by atoms with Crippen LogP contribution >= 0.6 is 11.6 Å². The summed E-state index contributed by atoms with van der Waals surface area (Å²) in [5.74, 6) is 0. The first-order chi connectivity index (χ1) is 8.50. The van der Waals surface area contributed by atoms with Crippen LogP contribution in [0.15, 0.2) is 18.2 Å². The number of hydrogen-bond donors (Lipinski definition) is 1. The van der Waals surface area contributed by atoms with Gasteiger partial charge in [0.05, 0.1) is 4.92 Å². The second kappa shape index (κ2) is 5.24. The van der Waals surface area contributed by atoms with Gasteiger partial charge in [0.2, 0.25) is 0 Å². The third-order valence-corrected chi connectivity index (χ3v) is 4.04. The van der Waals surface area contributed by atoms with Crippen molar-refractivity contribution in [3.8, 4) is 0 Å². The van der Waals surface area contributed by atoms with E-state index in [-0.39, 0.29) is 5.69 Å². The van der Waals surface area contributed by atoms with E-state index < -0.39 is 4.92 Å². The Kier molecular flexibility index (Phi) is 3.88. The smallest absolute Gasteiger partial charge is 0.269 e. The molecular weight excluding hydrogens is 252 g/mol. The second-order valence-electron chi connectivity index (χ2n) is 5.30. The summed E-state index contributed by atoms with van der Waals surface area (Å²) in [6.45, 7) is 3.78. The van der Waals surface area contributed by atoms with Crippen LogP contribution in [0.3, 0.4) is 0 Å². The summed E-state index contributed by atoms with van der Waals surface area (Å²) in [7, 11) is 0. The van der Waals surface area contributed by atoms with Gasteiger partial charge in [-0.2, -0.15) is 0 Å². The molecule has 0 aliphatic heterocycles. The van der Waals surface area contributed by atoms with Crippen molar-refractivity contribution in [3.05, 3.63) is 38.9 Å². The SMILES string of the molecule is CC1(CNCc2cc([N+](=O)[O-])ccc2Cl)CCC1. The van der Waals surface area contributed by atoms with E-state index in [0.29, 0.717) is 17.0 Å². The van der Waals surface area contributed by atoms with Crippen LogP contribution in [-0.4, -0.2) is 11.5 Å². The molecule has 4 nitrogen and oxygen atoms in total. The van der Waals surface area contributed by atoms with Crippen molar-refractivity contribution >= 4 is 17.3 Å². The van der Waals surface area contributed by atoms with Gasteiger partial charge in [0.15, 0.2) is 0 Å². The molecule has 0 atom stereocenters. The van der Waals surface area contributed by atoms with Crippen molar-refractivity contribution in [2.24, 2.45) is 5.41 Å². The van der Waals surface area contributed by atoms with E-state index in [1.54, 1.807) is 12.1 Å². The number of nitro benzene ring substituents is 1. The zero-order valence-electron chi connectivity index (χ0n) is 10.4. The number of nitrogens with zero attached hydrogens (tertiary/aromatic N) is 1. The Labute approximate surface area is 111 Å². The first-order valence-corrected chi connectivity index (χ1v) is 6.52. The summed E-state index contributed by atoms with van der Waals surface area (Å²) < 4.78 is 0. The van der Waals surface area contributed by atoms with E-state index >= 15 is 0 Å². The molecule has 0 bridgehead atoms. The summed E-state index contributed by atoms with van der Waals surface area (Å²) in [5.41, 5.74) is 1.27. The number of hydrogen-bond acceptors (Lipinski definition) is 3. The number of benzene rings is 1. The lowest BCUT2D eigenvalue weighted by Crippen LogP contribution is -2.37. The third-order valence-electron chi connectivity index (χ3n) is 3.67. The fourth-order valence-corrected chi connectivity index (χ4v) is 2.45. The normalized spacial score (nSPS) is 17.2. The highest BCUT2D eigenvalue weighted by Gasteiger charge is 2.30. The van der Waals surface area contributed by atoms with Crippen LogP contribution in [0.1, 0.15) is 31.7 Å². The molecule has 18 heavy (non-hydrogen) atoms. The third kappa shape index (κ3) is 3.00. The molecule has 0 radical (unpaired) electrons. The summed E-state index contributed by atoms with van der Waals surface area (Å²) >= 11 is 6.04. The molecule has 1 aromatic rings. The van der Waals surface area contributed by atoms with Gasteiger partial charge in [-0.05, 0) is 29.9 Å². The lowest BCUT2D eigenvalue weighted by atomic mass is 9.70. The van der Waals surface area contributed by atoms with E-state index in [1.807, 2.05) is 0 Å². The van der Waals surface area contributed by atoms with Crippen molar-refractivity contribution < 1.29 is 4.92 Å². The Morgan fingerprint density at radius 2 is 2.22 bits per heavy atom. The molecule has 2 rings (SSSR count). The average molecular weight is 269 g/mol. The molecule has 0 heterocycles. The maximum absolute atomic E-state index is 10.7. The Morgan fingerprint density at radius 3 is 2.78 bits per heavy atom. The Hall–Kier alpha value is -1.13. The van der Waals surface area contributed by atoms with Crippen LogP contribution in [0.25, 0.3) is 0 Å². The lowest BCUT2D eigenvalue weighted by Gasteiger charge is -2.38. The fourth-order valence-electron chi connectivity index (χ4n) is 2.27. The first kappa shape index (κ1) is 13.3. The first-order valence-electron chi connectivity index (χ1n) is 6.14. The molecule has 0 amide bonds. The average Bonchev–Trinajstić information content (AvgIpc) is 2.29. The highest BCUT2D eigenvalue weighted by molar-refractivity contribution is 6.31. The minimum atomic E-state index is -0.396. The molecule has 0 aromatic heterocycles. The van der Waals surface area contributed by atoms with Gasteiger partial charge in [-0.3, -0.25) is 10.1 Å². The van der Waals surface area contributed by atoms with Crippen LogP contribution < -0.4 is 5.32 Å². The van der Waals surface area contributed by atoms with Crippen LogP contribution in [0.5, 0.6) is 0 Å². The minimum Gasteiger partial charge on any atom is -0.312 e. The highest BCUT2D eigenvalue weighted by atomic mass is 35.5. The van der Waals surface area contributed by atoms with Gasteiger partial charge in [-0.25, -0.2) is 0 Å². The van der Waals surface area contributed by atoms with E-state index in [9.17, 15) is 10.1 Å². The zero-order valence-corrected chi connectivity index (χ0v) is 11.2. The molecule has 1 aromatic carbocycles. The molecular formula is C13H17ClN2O2. The summed E-state index contributed by atoms with van der Waals surface area (Å²) in [4.78, 5) is 10.3. The van der Waals surface area contributed by atoms with Crippen LogP contribution in [0.2, 0.25) is 5.02 Å². The van der Waals surface area contributed by atoms with E-state index in [1.165, 1.54) is 25.3 Å². The molecule has 0 unspecified atom stereocenters. The molecule has 1 N–H and O–H groups in total. The van der Waals surface area contributed by atoms with E-state index in [2.05, 4.69) is 12.2 Å². The number of nitro groups is 1. The molecule has 0 saturated heterocycles. The van der Waals surface area contributed by atoms with Crippen molar-refractivity contribution in [2.75, 3.05) is 6.54 Å². The number of rotatable bonds is 5. The van der Waals surface area contributed by atoms with Gasteiger partial charge in [-0.15, -0.1) is 0 Å². The monoisotopic (exact) mass is 268 g/mol. The summed E-state index contributed by atoms with van der Waals surface area (Å²) in [5, 5.41) is 14.6. The Balaban J connectivity index is 1.95. The molecule has 1 fully saturated rings. The molecule has 1 aliphatic rings. The van der Waals surface area contributed by atoms with Gasteiger partial charge in [0.25, 0.3) is 5.69 Å². The number of non-ortho nitro benzene ring substituents is 1. The van der Waals surface area contributed by atoms with Gasteiger partial charge < -0.3 is 5.32 Å². The van der Waals surface area contributed by atoms with Crippen LogP contribution in [0, 0.1) is 15.5 Å². The highest BCUT2D eigenvalue weighted by Crippen LogP contribution is 2.39. The maximum Gasteiger partial charge on any atom is 0.269 e. The topological polar surface area (TPSA) is 55.2 Å². The second-order valence-corrected chi connectivity index (χ2v) is 5.71. The Morgan fingerprint density at radius 1 is 1.50 bits per heavy atom. The largest absolute Gasteiger partial charge is 0.312 e. The molecule has 0 spiro atoms. The maximum atomic E-state index is 10.7. The predicted octanol–water partition coefficient (Wildman–Crippen LogP) is 3.53. The Bertz CT molecular complexity index is 458. The van der Waals surface area contributed by atoms with Crippen LogP contribution in [0.4, 0.5) is 5.69 Å². The van der Waals surface area contributed by atoms with Crippen molar-refractivity contribution in [3.63, 3.8) is 0 Å². The quantitative estimate of drug-likeness (QED) is 0.656. The van der Waals surface area contributed by atoms with Gasteiger partial charge in [0, 0.05) is 30.2 Å². The van der Waals surface area contributed by atoms with Crippen molar-refractivity contribution in [2.45, 2.75) is 32.7 Å². The van der Waals surface area contributed by atoms with Gasteiger partial charge in [0.1, 0.15) is 0 Å². The van der Waals surface area contributed by atoms with Crippen molar-refractivity contribution in [1.29, 1.82) is 0 Å². The summed E-state index contributed by atoms with van der Waals surface area (Å²) in [6, 6.07) is 4.55. The molecule has 1 saturated carbocycles. The van der Waals surface area contributed by atoms with Crippen LogP contribution in [-0.2, 0) is 6.54 Å². The number of nitrogens with one attached hydrogen (secondary N) is 1. The summed E-state index contributed by atoms with van der Waals surface area (Å²) in [6.07, 6.45) is 3.81. The fraction of sp³-hybridized carbons (Fsp3) is 0.538. The van der Waals surface area contributed by atoms with E-state index in [0.717, 1.165) is 12.1 Å². The lowest BCUT2D eigenvalue weighted by molar-refractivity contribution is -0.384. The zero-order chi connectivity index (χ0) is 13.2.